The van der Waals surface area contributed by atoms with E-state index in [4.69, 9.17) is 9.84 Å². The van der Waals surface area contributed by atoms with E-state index in [0.29, 0.717) is 22.9 Å². The molecule has 0 saturated heterocycles. The van der Waals surface area contributed by atoms with Crippen LogP contribution in [0, 0.1) is 0 Å². The second-order valence-electron chi connectivity index (χ2n) is 4.33. The van der Waals surface area contributed by atoms with E-state index in [-0.39, 0.29) is 19.2 Å². The van der Waals surface area contributed by atoms with E-state index in [1.807, 2.05) is 48.5 Å². The molecular formula is C15H14N2O3. The number of hydrogen-bond donors (Lipinski definition) is 2. The van der Waals surface area contributed by atoms with Crippen molar-refractivity contribution in [2.75, 3.05) is 18.1 Å². The Bertz CT molecular complexity index is 597. The van der Waals surface area contributed by atoms with Crippen LogP contribution < -0.4 is 15.0 Å². The number of aliphatic hydroxyl groups is 1. The lowest BCUT2D eigenvalue weighted by Crippen LogP contribution is -2.39. The van der Waals surface area contributed by atoms with Gasteiger partial charge in [-0.2, -0.15) is 0 Å². The van der Waals surface area contributed by atoms with E-state index in [2.05, 4.69) is 5.32 Å². The number of benzene rings is 2. The van der Waals surface area contributed by atoms with Crippen LogP contribution in [0.5, 0.6) is 11.5 Å². The van der Waals surface area contributed by atoms with Crippen LogP contribution in [0.2, 0.25) is 0 Å². The van der Waals surface area contributed by atoms with Gasteiger partial charge in [0.1, 0.15) is 0 Å². The summed E-state index contributed by atoms with van der Waals surface area (Å²) in [7, 11) is 0. The number of urea groups is 1. The SMILES string of the molecule is O=C(NCCO)N1c2ccccc2Oc2ccccc21. The molecule has 3 rings (SSSR count). The highest BCUT2D eigenvalue weighted by Gasteiger charge is 2.28. The first kappa shape index (κ1) is 12.5. The lowest BCUT2D eigenvalue weighted by atomic mass is 10.2. The minimum Gasteiger partial charge on any atom is -0.453 e. The summed E-state index contributed by atoms with van der Waals surface area (Å²) in [6.45, 7) is 0.111. The van der Waals surface area contributed by atoms with Crippen LogP contribution in [0.3, 0.4) is 0 Å². The number of carbonyl (C=O) groups is 1. The molecule has 0 saturated carbocycles. The monoisotopic (exact) mass is 270 g/mol. The Morgan fingerprint density at radius 2 is 1.60 bits per heavy atom. The predicted molar refractivity (Wildman–Crippen MR) is 75.6 cm³/mol. The summed E-state index contributed by atoms with van der Waals surface area (Å²) in [5, 5.41) is 11.5. The molecule has 0 spiro atoms. The maximum Gasteiger partial charge on any atom is 0.326 e. The van der Waals surface area contributed by atoms with Gasteiger partial charge in [0.25, 0.3) is 0 Å². The van der Waals surface area contributed by atoms with Crippen molar-refractivity contribution in [3.63, 3.8) is 0 Å². The normalized spacial score (nSPS) is 12.2. The smallest absolute Gasteiger partial charge is 0.326 e. The third-order valence-electron chi connectivity index (χ3n) is 3.02. The molecule has 2 aromatic rings. The van der Waals surface area contributed by atoms with Crippen molar-refractivity contribution in [1.29, 1.82) is 0 Å². The number of fused-ring (bicyclic) bond motifs is 2. The summed E-state index contributed by atoms with van der Waals surface area (Å²) in [6, 6.07) is 14.4. The lowest BCUT2D eigenvalue weighted by Gasteiger charge is -2.30. The Labute approximate surface area is 116 Å². The van der Waals surface area contributed by atoms with Gasteiger partial charge in [0.15, 0.2) is 11.5 Å². The molecule has 0 aliphatic carbocycles. The molecular weight excluding hydrogens is 256 g/mol. The average molecular weight is 270 g/mol. The van der Waals surface area contributed by atoms with Gasteiger partial charge in [0.05, 0.1) is 18.0 Å². The van der Waals surface area contributed by atoms with Crippen LogP contribution in [-0.2, 0) is 0 Å². The second kappa shape index (κ2) is 5.22. The van der Waals surface area contributed by atoms with Gasteiger partial charge in [-0.05, 0) is 24.3 Å². The van der Waals surface area contributed by atoms with Crippen molar-refractivity contribution in [2.24, 2.45) is 0 Å². The zero-order valence-electron chi connectivity index (χ0n) is 10.7. The summed E-state index contributed by atoms with van der Waals surface area (Å²) in [5.41, 5.74) is 1.36. The molecule has 102 valence electrons. The molecule has 5 heteroatoms. The molecule has 0 radical (unpaired) electrons. The van der Waals surface area contributed by atoms with E-state index in [9.17, 15) is 4.79 Å². The van der Waals surface area contributed by atoms with Crippen molar-refractivity contribution in [3.8, 4) is 11.5 Å². The molecule has 5 nitrogen and oxygen atoms in total. The van der Waals surface area contributed by atoms with Crippen molar-refractivity contribution >= 4 is 17.4 Å². The Hall–Kier alpha value is -2.53. The number of nitrogens with zero attached hydrogens (tertiary/aromatic N) is 1. The number of para-hydroxylation sites is 4. The third kappa shape index (κ3) is 2.08. The molecule has 2 amide bonds. The van der Waals surface area contributed by atoms with Gasteiger partial charge in [-0.25, -0.2) is 4.79 Å². The van der Waals surface area contributed by atoms with E-state index >= 15 is 0 Å². The fourth-order valence-corrected chi connectivity index (χ4v) is 2.17. The molecule has 0 bridgehead atoms. The maximum atomic E-state index is 12.3. The van der Waals surface area contributed by atoms with E-state index in [0.717, 1.165) is 0 Å². The summed E-state index contributed by atoms with van der Waals surface area (Å²) in [5.74, 6) is 1.26. The summed E-state index contributed by atoms with van der Waals surface area (Å²) < 4.78 is 5.79. The van der Waals surface area contributed by atoms with Crippen LogP contribution >= 0.6 is 0 Å². The van der Waals surface area contributed by atoms with Gasteiger partial charge in [-0.1, -0.05) is 24.3 Å². The molecule has 1 aliphatic heterocycles. The first-order valence-electron chi connectivity index (χ1n) is 6.36. The van der Waals surface area contributed by atoms with Gasteiger partial charge >= 0.3 is 6.03 Å². The number of anilines is 2. The molecule has 2 aromatic carbocycles. The molecule has 0 aromatic heterocycles. The quantitative estimate of drug-likeness (QED) is 0.881. The summed E-state index contributed by atoms with van der Waals surface area (Å²) >= 11 is 0. The van der Waals surface area contributed by atoms with Crippen molar-refractivity contribution < 1.29 is 14.6 Å². The van der Waals surface area contributed by atoms with Crippen LogP contribution in [0.4, 0.5) is 16.2 Å². The first-order valence-corrected chi connectivity index (χ1v) is 6.36. The highest BCUT2D eigenvalue weighted by Crippen LogP contribution is 2.46. The Morgan fingerprint density at radius 1 is 1.05 bits per heavy atom. The zero-order valence-corrected chi connectivity index (χ0v) is 10.7. The highest BCUT2D eigenvalue weighted by atomic mass is 16.5. The first-order chi connectivity index (χ1) is 9.81. The number of rotatable bonds is 2. The Kier molecular flexibility index (Phi) is 3.26. The highest BCUT2D eigenvalue weighted by molar-refractivity contribution is 6.03. The summed E-state index contributed by atoms with van der Waals surface area (Å²) in [6.07, 6.45) is 0. The van der Waals surface area contributed by atoms with Gasteiger partial charge in [0, 0.05) is 6.54 Å². The van der Waals surface area contributed by atoms with Gasteiger partial charge in [-0.15, -0.1) is 0 Å². The average Bonchev–Trinajstić information content (AvgIpc) is 2.50. The van der Waals surface area contributed by atoms with Crippen LogP contribution in [0.15, 0.2) is 48.5 Å². The van der Waals surface area contributed by atoms with Crippen LogP contribution in [-0.4, -0.2) is 24.3 Å². The molecule has 1 heterocycles. The minimum atomic E-state index is -0.290. The molecule has 1 aliphatic rings. The predicted octanol–water partition coefficient (Wildman–Crippen LogP) is 2.63. The molecule has 0 unspecified atom stereocenters. The Morgan fingerprint density at radius 3 is 2.15 bits per heavy atom. The number of aliphatic hydroxyl groups excluding tert-OH is 1. The largest absolute Gasteiger partial charge is 0.453 e. The number of nitrogens with one attached hydrogen (secondary N) is 1. The fourth-order valence-electron chi connectivity index (χ4n) is 2.17. The molecule has 0 atom stereocenters. The number of amides is 2. The van der Waals surface area contributed by atoms with E-state index in [1.165, 1.54) is 0 Å². The number of hydrogen-bond acceptors (Lipinski definition) is 3. The van der Waals surface area contributed by atoms with E-state index < -0.39 is 0 Å². The lowest BCUT2D eigenvalue weighted by molar-refractivity contribution is 0.241. The van der Waals surface area contributed by atoms with Crippen molar-refractivity contribution in [2.45, 2.75) is 0 Å². The molecule has 0 fully saturated rings. The number of carbonyl (C=O) groups excluding carboxylic acids is 1. The van der Waals surface area contributed by atoms with Crippen molar-refractivity contribution in [1.82, 2.24) is 5.32 Å². The second-order valence-corrected chi connectivity index (χ2v) is 4.33. The minimum absolute atomic E-state index is 0.0978. The van der Waals surface area contributed by atoms with E-state index in [1.54, 1.807) is 4.90 Å². The fraction of sp³-hybridized carbons (Fsp3) is 0.133. The standard InChI is InChI=1S/C15H14N2O3/c18-10-9-16-15(19)17-11-5-1-3-7-13(11)20-14-8-4-2-6-12(14)17/h1-8,18H,9-10H2,(H,16,19). The Balaban J connectivity index is 2.05. The third-order valence-corrected chi connectivity index (χ3v) is 3.02. The van der Waals surface area contributed by atoms with Gasteiger partial charge < -0.3 is 15.2 Å². The number of ether oxygens (including phenoxy) is 1. The zero-order chi connectivity index (χ0) is 13.9. The van der Waals surface area contributed by atoms with Gasteiger partial charge in [-0.3, -0.25) is 4.90 Å². The van der Waals surface area contributed by atoms with Crippen molar-refractivity contribution in [3.05, 3.63) is 48.5 Å². The van der Waals surface area contributed by atoms with Gasteiger partial charge in [0.2, 0.25) is 0 Å². The topological polar surface area (TPSA) is 61.8 Å². The maximum absolute atomic E-state index is 12.3. The van der Waals surface area contributed by atoms with Crippen LogP contribution in [0.1, 0.15) is 0 Å². The molecule has 20 heavy (non-hydrogen) atoms. The summed E-state index contributed by atoms with van der Waals surface area (Å²) in [4.78, 5) is 13.9. The van der Waals surface area contributed by atoms with Crippen LogP contribution in [0.25, 0.3) is 0 Å². The molecule has 2 N–H and O–H groups in total.